The molecule has 0 aromatic heterocycles. The Morgan fingerprint density at radius 2 is 0.583 bits per heavy atom. The van der Waals surface area contributed by atoms with Gasteiger partial charge in [0.15, 0.2) is 0 Å². The largest absolute Gasteiger partial charge is 0.310 e. The lowest BCUT2D eigenvalue weighted by molar-refractivity contribution is 1.28. The maximum atomic E-state index is 4.03. The number of halogens is 2. The number of nitrogens with zero attached hydrogens (tertiary/aromatic N) is 2. The Morgan fingerprint density at radius 1 is 0.333 bits per heavy atom. The zero-order chi connectivity index (χ0) is 33.1. The standard InChI is InChI=1S/C44H34Br2N2/c1-27-5-13-31(14-6-27)47(32-15-7-28(2)8-16-32)41-25-39(45)35-22-24-38-42(26-40(46)36-21-23-37(41)43(35)44(36)38)48(33-17-9-29(3)10-18-33)34-19-11-30(4)12-20-34/h5-26H,1-4H3. The van der Waals surface area contributed by atoms with E-state index in [-0.39, 0.29) is 0 Å². The highest BCUT2D eigenvalue weighted by Crippen LogP contribution is 2.50. The molecule has 0 N–H and O–H groups in total. The molecule has 48 heavy (non-hydrogen) atoms. The Hall–Kier alpha value is -4.64. The fourth-order valence-corrected chi connectivity index (χ4v) is 7.97. The molecule has 0 bridgehead atoms. The van der Waals surface area contributed by atoms with Gasteiger partial charge in [-0.15, -0.1) is 0 Å². The van der Waals surface area contributed by atoms with Gasteiger partial charge in [-0.2, -0.15) is 0 Å². The van der Waals surface area contributed by atoms with E-state index in [9.17, 15) is 0 Å². The third-order valence-corrected chi connectivity index (χ3v) is 10.7. The molecular formula is C44H34Br2N2. The van der Waals surface area contributed by atoms with Crippen molar-refractivity contribution in [1.82, 2.24) is 0 Å². The van der Waals surface area contributed by atoms with E-state index >= 15 is 0 Å². The summed E-state index contributed by atoms with van der Waals surface area (Å²) in [6.45, 7) is 8.55. The van der Waals surface area contributed by atoms with Gasteiger partial charge in [-0.3, -0.25) is 0 Å². The lowest BCUT2D eigenvalue weighted by Crippen LogP contribution is -2.12. The first kappa shape index (κ1) is 30.7. The van der Waals surface area contributed by atoms with Crippen LogP contribution in [0.4, 0.5) is 34.1 Å². The Labute approximate surface area is 298 Å². The summed E-state index contributed by atoms with van der Waals surface area (Å²) in [6, 6.07) is 49.0. The number of hydrogen-bond donors (Lipinski definition) is 0. The van der Waals surface area contributed by atoms with Crippen LogP contribution in [0.2, 0.25) is 0 Å². The molecule has 0 unspecified atom stereocenters. The van der Waals surface area contributed by atoms with Crippen molar-refractivity contribution in [2.75, 3.05) is 9.80 Å². The fourth-order valence-electron chi connectivity index (χ4n) is 6.87. The molecule has 0 spiro atoms. The van der Waals surface area contributed by atoms with Gasteiger partial charge in [0.2, 0.25) is 0 Å². The molecule has 0 aliphatic carbocycles. The van der Waals surface area contributed by atoms with Crippen molar-refractivity contribution in [3.63, 3.8) is 0 Å². The molecule has 0 saturated heterocycles. The zero-order valence-electron chi connectivity index (χ0n) is 27.4. The third-order valence-electron chi connectivity index (χ3n) is 9.40. The van der Waals surface area contributed by atoms with E-state index in [1.165, 1.54) is 54.6 Å². The number of rotatable bonds is 6. The second-order valence-corrected chi connectivity index (χ2v) is 14.5. The lowest BCUT2D eigenvalue weighted by atomic mass is 9.91. The Balaban J connectivity index is 1.45. The number of benzene rings is 8. The van der Waals surface area contributed by atoms with Gasteiger partial charge in [-0.05, 0) is 99.1 Å². The molecule has 0 aliphatic rings. The van der Waals surface area contributed by atoms with Crippen LogP contribution in [0, 0.1) is 27.7 Å². The van der Waals surface area contributed by atoms with Gasteiger partial charge in [0.25, 0.3) is 0 Å². The molecule has 234 valence electrons. The van der Waals surface area contributed by atoms with E-state index in [2.05, 4.69) is 203 Å². The minimum absolute atomic E-state index is 1.07. The topological polar surface area (TPSA) is 6.48 Å². The summed E-state index contributed by atoms with van der Waals surface area (Å²) >= 11 is 8.07. The minimum atomic E-state index is 1.07. The Kier molecular flexibility index (Phi) is 7.74. The van der Waals surface area contributed by atoms with Crippen LogP contribution < -0.4 is 9.80 Å². The molecule has 8 rings (SSSR count). The summed E-state index contributed by atoms with van der Waals surface area (Å²) in [7, 11) is 0. The highest BCUT2D eigenvalue weighted by molar-refractivity contribution is 9.11. The first-order chi connectivity index (χ1) is 23.3. The van der Waals surface area contributed by atoms with Crippen LogP contribution in [-0.2, 0) is 0 Å². The molecule has 0 amide bonds. The normalized spacial score (nSPS) is 11.5. The maximum Gasteiger partial charge on any atom is 0.0551 e. The first-order valence-corrected chi connectivity index (χ1v) is 17.8. The summed E-state index contributed by atoms with van der Waals surface area (Å²) in [6.07, 6.45) is 0. The van der Waals surface area contributed by atoms with E-state index < -0.39 is 0 Å². The van der Waals surface area contributed by atoms with Gasteiger partial charge in [0.1, 0.15) is 0 Å². The van der Waals surface area contributed by atoms with Gasteiger partial charge in [0.05, 0.1) is 11.4 Å². The lowest BCUT2D eigenvalue weighted by Gasteiger charge is -2.30. The molecule has 4 heteroatoms. The quantitative estimate of drug-likeness (QED) is 0.156. The van der Waals surface area contributed by atoms with Crippen molar-refractivity contribution < 1.29 is 0 Å². The smallest absolute Gasteiger partial charge is 0.0551 e. The van der Waals surface area contributed by atoms with Crippen molar-refractivity contribution in [1.29, 1.82) is 0 Å². The molecule has 8 aromatic carbocycles. The first-order valence-electron chi connectivity index (χ1n) is 16.2. The second-order valence-electron chi connectivity index (χ2n) is 12.8. The van der Waals surface area contributed by atoms with Gasteiger partial charge in [0, 0.05) is 53.2 Å². The number of anilines is 6. The van der Waals surface area contributed by atoms with E-state index in [0.717, 1.165) is 43.1 Å². The summed E-state index contributed by atoms with van der Waals surface area (Å²) in [5.74, 6) is 0. The molecule has 2 nitrogen and oxygen atoms in total. The highest BCUT2D eigenvalue weighted by atomic mass is 79.9. The van der Waals surface area contributed by atoms with Crippen molar-refractivity contribution in [3.05, 3.63) is 165 Å². The third kappa shape index (κ3) is 5.24. The average molecular weight is 751 g/mol. The highest BCUT2D eigenvalue weighted by Gasteiger charge is 2.24. The van der Waals surface area contributed by atoms with Crippen LogP contribution in [-0.4, -0.2) is 0 Å². The molecule has 0 aliphatic heterocycles. The van der Waals surface area contributed by atoms with E-state index in [4.69, 9.17) is 0 Å². The monoisotopic (exact) mass is 748 g/mol. The predicted octanol–water partition coefficient (Wildman–Crippen LogP) is 14.3. The van der Waals surface area contributed by atoms with Crippen LogP contribution in [0.5, 0.6) is 0 Å². The Bertz CT molecular complexity index is 2160. The predicted molar refractivity (Wildman–Crippen MR) is 214 cm³/mol. The van der Waals surface area contributed by atoms with Gasteiger partial charge < -0.3 is 9.80 Å². The van der Waals surface area contributed by atoms with Crippen LogP contribution >= 0.6 is 31.9 Å². The summed E-state index contributed by atoms with van der Waals surface area (Å²) in [5, 5.41) is 7.28. The molecular weight excluding hydrogens is 716 g/mol. The van der Waals surface area contributed by atoms with E-state index in [1.807, 2.05) is 0 Å². The van der Waals surface area contributed by atoms with Crippen LogP contribution in [0.1, 0.15) is 22.3 Å². The van der Waals surface area contributed by atoms with Crippen LogP contribution in [0.15, 0.2) is 142 Å². The van der Waals surface area contributed by atoms with Gasteiger partial charge in [-0.25, -0.2) is 0 Å². The van der Waals surface area contributed by atoms with E-state index in [0.29, 0.717) is 0 Å². The van der Waals surface area contributed by atoms with Gasteiger partial charge in [-0.1, -0.05) is 127 Å². The molecule has 0 saturated carbocycles. The van der Waals surface area contributed by atoms with Crippen molar-refractivity contribution in [2.45, 2.75) is 27.7 Å². The van der Waals surface area contributed by atoms with E-state index in [1.54, 1.807) is 0 Å². The SMILES string of the molecule is Cc1ccc(N(c2ccc(C)cc2)c2cc(Br)c3ccc4c(N(c5ccc(C)cc5)c5ccc(C)cc5)cc(Br)c5ccc2c3c54)cc1. The maximum absolute atomic E-state index is 4.03. The van der Waals surface area contributed by atoms with Crippen molar-refractivity contribution in [3.8, 4) is 0 Å². The average Bonchev–Trinajstić information content (AvgIpc) is 3.09. The number of aryl methyl sites for hydroxylation is 4. The number of hydrogen-bond acceptors (Lipinski definition) is 2. The summed E-state index contributed by atoms with van der Waals surface area (Å²) in [5.41, 5.74) is 11.7. The second kappa shape index (κ2) is 12.1. The van der Waals surface area contributed by atoms with Crippen LogP contribution in [0.3, 0.4) is 0 Å². The van der Waals surface area contributed by atoms with Crippen molar-refractivity contribution >= 4 is 98.3 Å². The summed E-state index contributed by atoms with van der Waals surface area (Å²) < 4.78 is 2.14. The molecule has 8 aromatic rings. The molecule has 0 fully saturated rings. The molecule has 0 heterocycles. The molecule has 0 radical (unpaired) electrons. The summed E-state index contributed by atoms with van der Waals surface area (Å²) in [4.78, 5) is 4.77. The van der Waals surface area contributed by atoms with Crippen molar-refractivity contribution in [2.24, 2.45) is 0 Å². The zero-order valence-corrected chi connectivity index (χ0v) is 30.5. The minimum Gasteiger partial charge on any atom is -0.310 e. The van der Waals surface area contributed by atoms with Gasteiger partial charge >= 0.3 is 0 Å². The van der Waals surface area contributed by atoms with Crippen LogP contribution in [0.25, 0.3) is 32.3 Å². The molecule has 0 atom stereocenters. The Morgan fingerprint density at radius 3 is 0.854 bits per heavy atom. The fraction of sp³-hybridized carbons (Fsp3) is 0.0909.